The predicted molar refractivity (Wildman–Crippen MR) is 112 cm³/mol. The number of nitrogens with zero attached hydrogens (tertiary/aromatic N) is 2. The normalized spacial score (nSPS) is 21.8. The van der Waals surface area contributed by atoms with Crippen LogP contribution in [0, 0.1) is 11.6 Å². The van der Waals surface area contributed by atoms with Crippen molar-refractivity contribution in [1.82, 2.24) is 15.5 Å². The van der Waals surface area contributed by atoms with Crippen molar-refractivity contribution in [3.05, 3.63) is 35.4 Å². The van der Waals surface area contributed by atoms with Crippen LogP contribution in [0.25, 0.3) is 0 Å². The van der Waals surface area contributed by atoms with E-state index in [4.69, 9.17) is 0 Å². The number of carbonyl (C=O) groups excluding carboxylic acids is 1. The Morgan fingerprint density at radius 3 is 2.70 bits per heavy atom. The summed E-state index contributed by atoms with van der Waals surface area (Å²) in [7, 11) is 0. The molecular formula is C19H27F2IN4O. The molecule has 0 aromatic heterocycles. The number of hydrogen-bond donors (Lipinski definition) is 2. The zero-order valence-corrected chi connectivity index (χ0v) is 17.8. The first-order valence-corrected chi connectivity index (χ1v) is 9.36. The molecule has 150 valence electrons. The molecule has 1 amide bonds. The van der Waals surface area contributed by atoms with Gasteiger partial charge in [0.1, 0.15) is 11.6 Å². The molecule has 1 saturated carbocycles. The van der Waals surface area contributed by atoms with E-state index in [1.165, 1.54) is 18.2 Å². The van der Waals surface area contributed by atoms with Crippen molar-refractivity contribution in [3.63, 3.8) is 0 Å². The van der Waals surface area contributed by atoms with E-state index in [9.17, 15) is 13.6 Å². The van der Waals surface area contributed by atoms with E-state index < -0.39 is 11.6 Å². The Balaban J connectivity index is 0.00000261. The number of carbonyl (C=O) groups is 1. The second-order valence-corrected chi connectivity index (χ2v) is 6.83. The van der Waals surface area contributed by atoms with Gasteiger partial charge in [0.15, 0.2) is 5.96 Å². The van der Waals surface area contributed by atoms with Crippen molar-refractivity contribution in [2.24, 2.45) is 4.99 Å². The maximum absolute atomic E-state index is 13.9. The van der Waals surface area contributed by atoms with Gasteiger partial charge in [-0.3, -0.25) is 9.79 Å². The van der Waals surface area contributed by atoms with Crippen LogP contribution in [0.2, 0.25) is 0 Å². The van der Waals surface area contributed by atoms with Crippen LogP contribution in [0.4, 0.5) is 8.78 Å². The summed E-state index contributed by atoms with van der Waals surface area (Å²) in [5, 5.41) is 6.42. The number of aliphatic imine (C=N–C) groups is 1. The van der Waals surface area contributed by atoms with Crippen LogP contribution in [0.5, 0.6) is 0 Å². The molecular weight excluding hydrogens is 465 g/mol. The van der Waals surface area contributed by atoms with Gasteiger partial charge in [-0.25, -0.2) is 8.78 Å². The number of benzene rings is 1. The van der Waals surface area contributed by atoms with Crippen LogP contribution in [0.15, 0.2) is 23.2 Å². The average Bonchev–Trinajstić information content (AvgIpc) is 3.22. The zero-order chi connectivity index (χ0) is 18.5. The first-order valence-electron chi connectivity index (χ1n) is 9.36. The maximum atomic E-state index is 13.9. The quantitative estimate of drug-likeness (QED) is 0.267. The first-order chi connectivity index (χ1) is 12.6. The smallest absolute Gasteiger partial charge is 0.222 e. The standard InChI is InChI=1S/C19H26F2N4O.HI/c1-2-22-19(23-9-5-11-25-10-4-8-17(25)26)24-16-12-13(16)18-14(20)6-3-7-15(18)21;/h3,6-7,13,16H,2,4-5,8-12H2,1H3,(H2,22,23,24);1H. The van der Waals surface area contributed by atoms with Gasteiger partial charge in [0.2, 0.25) is 5.91 Å². The van der Waals surface area contributed by atoms with Crippen molar-refractivity contribution >= 4 is 35.8 Å². The molecule has 2 N–H and O–H groups in total. The van der Waals surface area contributed by atoms with Crippen LogP contribution in [-0.4, -0.2) is 49.0 Å². The van der Waals surface area contributed by atoms with E-state index in [1.807, 2.05) is 11.8 Å². The number of rotatable bonds is 7. The highest BCUT2D eigenvalue weighted by atomic mass is 127. The van der Waals surface area contributed by atoms with Gasteiger partial charge in [-0.1, -0.05) is 6.07 Å². The van der Waals surface area contributed by atoms with Gasteiger partial charge in [0, 0.05) is 50.1 Å². The van der Waals surface area contributed by atoms with Gasteiger partial charge in [-0.05, 0) is 38.3 Å². The minimum atomic E-state index is -0.489. The summed E-state index contributed by atoms with van der Waals surface area (Å²) in [5.74, 6) is -0.258. The van der Waals surface area contributed by atoms with Crippen LogP contribution >= 0.6 is 24.0 Å². The molecule has 2 aliphatic rings. The Bertz CT molecular complexity index is 665. The molecule has 1 saturated heterocycles. The molecule has 3 rings (SSSR count). The third-order valence-electron chi connectivity index (χ3n) is 4.85. The van der Waals surface area contributed by atoms with Gasteiger partial charge >= 0.3 is 0 Å². The van der Waals surface area contributed by atoms with Crippen LogP contribution in [0.3, 0.4) is 0 Å². The Labute approximate surface area is 176 Å². The summed E-state index contributed by atoms with van der Waals surface area (Å²) in [5.41, 5.74) is 0.161. The fourth-order valence-corrected chi connectivity index (χ4v) is 3.43. The number of guanidine groups is 1. The molecule has 27 heavy (non-hydrogen) atoms. The average molecular weight is 492 g/mol. The lowest BCUT2D eigenvalue weighted by Crippen LogP contribution is -2.39. The third kappa shape index (κ3) is 5.76. The molecule has 2 unspecified atom stereocenters. The number of amides is 1. The number of hydrogen-bond acceptors (Lipinski definition) is 2. The molecule has 0 spiro atoms. The van der Waals surface area contributed by atoms with Gasteiger partial charge in [-0.15, -0.1) is 24.0 Å². The highest BCUT2D eigenvalue weighted by Gasteiger charge is 2.42. The monoisotopic (exact) mass is 492 g/mol. The van der Waals surface area contributed by atoms with Gasteiger partial charge in [-0.2, -0.15) is 0 Å². The summed E-state index contributed by atoms with van der Waals surface area (Å²) in [6, 6.07) is 3.97. The lowest BCUT2D eigenvalue weighted by atomic mass is 10.1. The van der Waals surface area contributed by atoms with E-state index in [0.717, 1.165) is 25.9 Å². The SMILES string of the molecule is CCNC(=NCCCN1CCCC1=O)NC1CC1c1c(F)cccc1F.I. The molecule has 5 nitrogen and oxygen atoms in total. The fourth-order valence-electron chi connectivity index (χ4n) is 3.43. The Hall–Kier alpha value is -1.45. The van der Waals surface area contributed by atoms with Crippen LogP contribution < -0.4 is 10.6 Å². The summed E-state index contributed by atoms with van der Waals surface area (Å²) >= 11 is 0. The van der Waals surface area contributed by atoms with E-state index >= 15 is 0 Å². The van der Waals surface area contributed by atoms with Crippen LogP contribution in [0.1, 0.15) is 44.1 Å². The maximum Gasteiger partial charge on any atom is 0.222 e. The van der Waals surface area contributed by atoms with Crippen LogP contribution in [-0.2, 0) is 4.79 Å². The Morgan fingerprint density at radius 2 is 2.07 bits per heavy atom. The number of halogens is 3. The van der Waals surface area contributed by atoms with Gasteiger partial charge in [0.25, 0.3) is 0 Å². The lowest BCUT2D eigenvalue weighted by Gasteiger charge is -2.15. The minimum absolute atomic E-state index is 0. The number of likely N-dealkylation sites (tertiary alicyclic amines) is 1. The van der Waals surface area contributed by atoms with E-state index in [-0.39, 0.29) is 47.4 Å². The summed E-state index contributed by atoms with van der Waals surface area (Å²) < 4.78 is 27.8. The predicted octanol–water partition coefficient (Wildman–Crippen LogP) is 3.01. The lowest BCUT2D eigenvalue weighted by molar-refractivity contribution is -0.127. The second kappa shape index (κ2) is 10.2. The van der Waals surface area contributed by atoms with Crippen molar-refractivity contribution < 1.29 is 13.6 Å². The molecule has 1 aromatic rings. The van der Waals surface area contributed by atoms with Gasteiger partial charge in [0.05, 0.1) is 0 Å². The third-order valence-corrected chi connectivity index (χ3v) is 4.85. The molecule has 1 aromatic carbocycles. The highest BCUT2D eigenvalue weighted by Crippen LogP contribution is 2.43. The molecule has 1 heterocycles. The molecule has 0 bridgehead atoms. The minimum Gasteiger partial charge on any atom is -0.357 e. The molecule has 2 fully saturated rings. The van der Waals surface area contributed by atoms with E-state index in [2.05, 4.69) is 15.6 Å². The molecule has 2 atom stereocenters. The summed E-state index contributed by atoms with van der Waals surface area (Å²) in [6.45, 7) is 4.86. The van der Waals surface area contributed by atoms with Crippen molar-refractivity contribution in [2.45, 2.75) is 44.6 Å². The molecule has 0 radical (unpaired) electrons. The molecule has 1 aliphatic carbocycles. The van der Waals surface area contributed by atoms with E-state index in [1.54, 1.807) is 0 Å². The molecule has 8 heteroatoms. The number of nitrogens with one attached hydrogen (secondary N) is 2. The van der Waals surface area contributed by atoms with Crippen molar-refractivity contribution in [3.8, 4) is 0 Å². The highest BCUT2D eigenvalue weighted by molar-refractivity contribution is 14.0. The summed E-state index contributed by atoms with van der Waals surface area (Å²) in [4.78, 5) is 18.0. The largest absolute Gasteiger partial charge is 0.357 e. The fraction of sp³-hybridized carbons (Fsp3) is 0.579. The zero-order valence-electron chi connectivity index (χ0n) is 15.5. The van der Waals surface area contributed by atoms with Crippen molar-refractivity contribution in [2.75, 3.05) is 26.2 Å². The van der Waals surface area contributed by atoms with Gasteiger partial charge < -0.3 is 15.5 Å². The Kier molecular flexibility index (Phi) is 8.25. The van der Waals surface area contributed by atoms with Crippen molar-refractivity contribution in [1.29, 1.82) is 0 Å². The molecule has 1 aliphatic heterocycles. The van der Waals surface area contributed by atoms with E-state index in [0.29, 0.717) is 31.9 Å². The topological polar surface area (TPSA) is 56.7 Å². The second-order valence-electron chi connectivity index (χ2n) is 6.83. The Morgan fingerprint density at radius 1 is 1.33 bits per heavy atom. The first kappa shape index (κ1) is 21.8. The summed E-state index contributed by atoms with van der Waals surface area (Å²) in [6.07, 6.45) is 3.09.